The summed E-state index contributed by atoms with van der Waals surface area (Å²) in [6.45, 7) is 1.92. The van der Waals surface area contributed by atoms with E-state index < -0.39 is 11.7 Å². The zero-order valence-electron chi connectivity index (χ0n) is 10.0. The van der Waals surface area contributed by atoms with Gasteiger partial charge in [-0.15, -0.1) is 0 Å². The molecule has 0 aliphatic heterocycles. The molecule has 2 nitrogen and oxygen atoms in total. The van der Waals surface area contributed by atoms with Gasteiger partial charge in [0, 0.05) is 10.2 Å². The van der Waals surface area contributed by atoms with Gasteiger partial charge in [-0.05, 0) is 58.7 Å². The van der Waals surface area contributed by atoms with Crippen LogP contribution in [0.4, 0.5) is 10.1 Å². The van der Waals surface area contributed by atoms with Crippen LogP contribution in [0, 0.1) is 12.7 Å². The van der Waals surface area contributed by atoms with Gasteiger partial charge in [-0.25, -0.2) is 4.39 Å². The van der Waals surface area contributed by atoms with Gasteiger partial charge in [0.2, 0.25) is 0 Å². The van der Waals surface area contributed by atoms with Crippen LogP contribution in [0.1, 0.15) is 15.9 Å². The minimum absolute atomic E-state index is 0.00921. The number of benzene rings is 2. The molecular weight excluding hydrogens is 377 g/mol. The maximum Gasteiger partial charge on any atom is 0.258 e. The molecular formula is C14H10Br2FNO. The molecule has 0 saturated heterocycles. The van der Waals surface area contributed by atoms with Crippen LogP contribution >= 0.6 is 31.9 Å². The number of carbonyl (C=O) groups is 1. The van der Waals surface area contributed by atoms with Gasteiger partial charge in [0.05, 0.1) is 10.0 Å². The Morgan fingerprint density at radius 2 is 1.89 bits per heavy atom. The fourth-order valence-corrected chi connectivity index (χ4v) is 2.21. The van der Waals surface area contributed by atoms with Gasteiger partial charge in [-0.2, -0.15) is 0 Å². The molecule has 0 fully saturated rings. The van der Waals surface area contributed by atoms with E-state index in [-0.39, 0.29) is 10.0 Å². The van der Waals surface area contributed by atoms with Crippen molar-refractivity contribution in [2.45, 2.75) is 6.92 Å². The highest BCUT2D eigenvalue weighted by molar-refractivity contribution is 9.10. The highest BCUT2D eigenvalue weighted by atomic mass is 79.9. The Morgan fingerprint density at radius 1 is 1.16 bits per heavy atom. The summed E-state index contributed by atoms with van der Waals surface area (Å²) in [5.74, 6) is -1.03. The van der Waals surface area contributed by atoms with Crippen molar-refractivity contribution in [3.63, 3.8) is 0 Å². The van der Waals surface area contributed by atoms with Crippen molar-refractivity contribution in [1.29, 1.82) is 0 Å². The van der Waals surface area contributed by atoms with E-state index in [4.69, 9.17) is 0 Å². The summed E-state index contributed by atoms with van der Waals surface area (Å²) >= 11 is 6.44. The molecule has 0 heterocycles. The van der Waals surface area contributed by atoms with Gasteiger partial charge >= 0.3 is 0 Å². The molecule has 2 aromatic rings. The molecule has 2 rings (SSSR count). The SMILES string of the molecule is Cc1cc(NC(=O)c2cccc(Br)c2F)ccc1Br. The molecule has 0 radical (unpaired) electrons. The van der Waals surface area contributed by atoms with Crippen LogP contribution in [-0.2, 0) is 0 Å². The molecule has 0 atom stereocenters. The molecule has 19 heavy (non-hydrogen) atoms. The van der Waals surface area contributed by atoms with Crippen LogP contribution < -0.4 is 5.32 Å². The Kier molecular flexibility index (Phi) is 4.37. The van der Waals surface area contributed by atoms with E-state index in [1.165, 1.54) is 6.07 Å². The lowest BCUT2D eigenvalue weighted by Gasteiger charge is -2.08. The lowest BCUT2D eigenvalue weighted by Crippen LogP contribution is -2.14. The third kappa shape index (κ3) is 3.22. The van der Waals surface area contributed by atoms with Gasteiger partial charge in [0.25, 0.3) is 5.91 Å². The Balaban J connectivity index is 2.26. The highest BCUT2D eigenvalue weighted by Gasteiger charge is 2.14. The van der Waals surface area contributed by atoms with Crippen molar-refractivity contribution in [2.75, 3.05) is 5.32 Å². The number of amides is 1. The molecule has 5 heteroatoms. The molecule has 0 unspecified atom stereocenters. The molecule has 0 saturated carbocycles. The van der Waals surface area contributed by atoms with E-state index in [2.05, 4.69) is 37.2 Å². The first-order valence-electron chi connectivity index (χ1n) is 5.50. The minimum atomic E-state index is -0.561. The maximum absolute atomic E-state index is 13.8. The lowest BCUT2D eigenvalue weighted by molar-refractivity contribution is 0.102. The van der Waals surface area contributed by atoms with Crippen molar-refractivity contribution in [2.24, 2.45) is 0 Å². The second-order valence-corrected chi connectivity index (χ2v) is 5.73. The van der Waals surface area contributed by atoms with Crippen molar-refractivity contribution < 1.29 is 9.18 Å². The predicted octanol–water partition coefficient (Wildman–Crippen LogP) is 4.91. The average Bonchev–Trinajstić information content (AvgIpc) is 2.37. The predicted molar refractivity (Wildman–Crippen MR) is 80.9 cm³/mol. The molecule has 0 aliphatic carbocycles. The van der Waals surface area contributed by atoms with E-state index in [0.717, 1.165) is 10.0 Å². The third-order valence-electron chi connectivity index (χ3n) is 2.61. The van der Waals surface area contributed by atoms with Gasteiger partial charge in [0.1, 0.15) is 5.82 Å². The first-order valence-corrected chi connectivity index (χ1v) is 7.09. The zero-order valence-corrected chi connectivity index (χ0v) is 13.2. The number of carbonyl (C=O) groups excluding carboxylic acids is 1. The average molecular weight is 387 g/mol. The number of hydrogen-bond acceptors (Lipinski definition) is 1. The monoisotopic (exact) mass is 385 g/mol. The van der Waals surface area contributed by atoms with Gasteiger partial charge in [-0.3, -0.25) is 4.79 Å². The van der Waals surface area contributed by atoms with Gasteiger partial charge in [0.15, 0.2) is 0 Å². The molecule has 0 aliphatic rings. The summed E-state index contributed by atoms with van der Waals surface area (Å²) in [6, 6.07) is 10.0. The summed E-state index contributed by atoms with van der Waals surface area (Å²) in [4.78, 5) is 12.0. The van der Waals surface area contributed by atoms with E-state index >= 15 is 0 Å². The maximum atomic E-state index is 13.8. The Bertz CT molecular complexity index is 643. The summed E-state index contributed by atoms with van der Waals surface area (Å²) in [6.07, 6.45) is 0. The van der Waals surface area contributed by atoms with E-state index in [0.29, 0.717) is 5.69 Å². The van der Waals surface area contributed by atoms with Crippen LogP contribution in [0.25, 0.3) is 0 Å². The molecule has 0 aromatic heterocycles. The Morgan fingerprint density at radius 3 is 2.58 bits per heavy atom. The number of nitrogens with one attached hydrogen (secondary N) is 1. The number of rotatable bonds is 2. The molecule has 1 amide bonds. The second-order valence-electron chi connectivity index (χ2n) is 4.02. The molecule has 0 spiro atoms. The van der Waals surface area contributed by atoms with Gasteiger partial charge < -0.3 is 5.32 Å². The minimum Gasteiger partial charge on any atom is -0.322 e. The van der Waals surface area contributed by atoms with Crippen molar-refractivity contribution >= 4 is 43.5 Å². The fourth-order valence-electron chi connectivity index (χ4n) is 1.60. The zero-order chi connectivity index (χ0) is 14.0. The largest absolute Gasteiger partial charge is 0.322 e. The second kappa shape index (κ2) is 5.84. The van der Waals surface area contributed by atoms with Crippen LogP contribution in [0.2, 0.25) is 0 Å². The topological polar surface area (TPSA) is 29.1 Å². The van der Waals surface area contributed by atoms with Crippen molar-refractivity contribution in [1.82, 2.24) is 0 Å². The van der Waals surface area contributed by atoms with E-state index in [9.17, 15) is 9.18 Å². The number of halogens is 3. The van der Waals surface area contributed by atoms with Crippen molar-refractivity contribution in [3.05, 3.63) is 62.3 Å². The lowest BCUT2D eigenvalue weighted by atomic mass is 10.2. The summed E-state index contributed by atoms with van der Waals surface area (Å²) in [5, 5.41) is 2.67. The van der Waals surface area contributed by atoms with Crippen LogP contribution in [-0.4, -0.2) is 5.91 Å². The van der Waals surface area contributed by atoms with Crippen LogP contribution in [0.5, 0.6) is 0 Å². The smallest absolute Gasteiger partial charge is 0.258 e. The number of hydrogen-bond donors (Lipinski definition) is 1. The summed E-state index contributed by atoms with van der Waals surface area (Å²) < 4.78 is 15.0. The van der Waals surface area contributed by atoms with E-state index in [1.54, 1.807) is 18.2 Å². The molecule has 2 aromatic carbocycles. The quantitative estimate of drug-likeness (QED) is 0.780. The van der Waals surface area contributed by atoms with Gasteiger partial charge in [-0.1, -0.05) is 22.0 Å². The molecule has 0 bridgehead atoms. The molecule has 1 N–H and O–H groups in total. The first-order chi connectivity index (χ1) is 8.99. The van der Waals surface area contributed by atoms with Crippen molar-refractivity contribution in [3.8, 4) is 0 Å². The Labute approximate surface area is 127 Å². The standard InChI is InChI=1S/C14H10Br2FNO/c1-8-7-9(5-6-11(8)15)18-14(19)10-3-2-4-12(16)13(10)17/h2-7H,1H3,(H,18,19). The van der Waals surface area contributed by atoms with Crippen LogP contribution in [0.3, 0.4) is 0 Å². The highest BCUT2D eigenvalue weighted by Crippen LogP contribution is 2.22. The summed E-state index contributed by atoms with van der Waals surface area (Å²) in [7, 11) is 0. The van der Waals surface area contributed by atoms with E-state index in [1.807, 2.05) is 19.1 Å². The number of aryl methyl sites for hydroxylation is 1. The fraction of sp³-hybridized carbons (Fsp3) is 0.0714. The Hall–Kier alpha value is -1.20. The summed E-state index contributed by atoms with van der Waals surface area (Å²) in [5.41, 5.74) is 1.63. The number of anilines is 1. The first kappa shape index (κ1) is 14.2. The van der Waals surface area contributed by atoms with Crippen LogP contribution in [0.15, 0.2) is 45.3 Å². The molecule has 98 valence electrons. The normalized spacial score (nSPS) is 10.3. The third-order valence-corrected chi connectivity index (χ3v) is 4.11.